The number of H-pyrrole nitrogens is 1. The van der Waals surface area contributed by atoms with Gasteiger partial charge in [-0.15, -0.1) is 0 Å². The summed E-state index contributed by atoms with van der Waals surface area (Å²) in [6, 6.07) is 16.2. The highest BCUT2D eigenvalue weighted by atomic mass is 32.2. The highest BCUT2D eigenvalue weighted by Gasteiger charge is 2.37. The van der Waals surface area contributed by atoms with Crippen LogP contribution in [0.1, 0.15) is 5.56 Å². The van der Waals surface area contributed by atoms with Crippen LogP contribution in [0.25, 0.3) is 10.9 Å². The molecule has 3 nitrogen and oxygen atoms in total. The molecule has 0 saturated heterocycles. The number of aliphatic hydroxyl groups is 1. The Morgan fingerprint density at radius 1 is 1.05 bits per heavy atom. The molecule has 0 bridgehead atoms. The zero-order valence-electron chi connectivity index (χ0n) is 10.8. The van der Waals surface area contributed by atoms with E-state index in [4.69, 9.17) is 0 Å². The Bertz CT molecular complexity index is 769. The maximum atomic E-state index is 10.8. The van der Waals surface area contributed by atoms with Crippen LogP contribution in [0.3, 0.4) is 0 Å². The van der Waals surface area contributed by atoms with Crippen molar-refractivity contribution in [1.29, 1.82) is 0 Å². The second-order valence-electron chi connectivity index (χ2n) is 5.06. The molecule has 2 heterocycles. The molecule has 1 unspecified atom stereocenters. The first-order valence-corrected chi connectivity index (χ1v) is 7.39. The van der Waals surface area contributed by atoms with Gasteiger partial charge in [0.2, 0.25) is 0 Å². The van der Waals surface area contributed by atoms with E-state index in [0.29, 0.717) is 6.42 Å². The van der Waals surface area contributed by atoms with Gasteiger partial charge in [-0.3, -0.25) is 0 Å². The average molecular weight is 282 g/mol. The molecule has 3 N–H and O–H groups in total. The molecule has 20 heavy (non-hydrogen) atoms. The fourth-order valence-corrected chi connectivity index (χ4v) is 3.91. The lowest BCUT2D eigenvalue weighted by molar-refractivity contribution is 0.170. The van der Waals surface area contributed by atoms with Gasteiger partial charge in [0, 0.05) is 18.0 Å². The summed E-state index contributed by atoms with van der Waals surface area (Å²) in [5.41, 5.74) is 3.19. The van der Waals surface area contributed by atoms with Crippen LogP contribution in [-0.2, 0) is 6.42 Å². The predicted molar refractivity (Wildman–Crippen MR) is 82.9 cm³/mol. The maximum Gasteiger partial charge on any atom is 0.193 e. The normalized spacial score (nSPS) is 20.9. The van der Waals surface area contributed by atoms with Gasteiger partial charge < -0.3 is 15.4 Å². The zero-order chi connectivity index (χ0) is 13.6. The van der Waals surface area contributed by atoms with Gasteiger partial charge >= 0.3 is 0 Å². The SMILES string of the molecule is OC1(Cc2ccccc2)Nc2ccc3cc[nH]c3c2S1. The van der Waals surface area contributed by atoms with E-state index in [-0.39, 0.29) is 0 Å². The van der Waals surface area contributed by atoms with E-state index in [1.807, 2.05) is 48.7 Å². The standard InChI is InChI=1S/C16H14N2OS/c19-16(10-11-4-2-1-3-5-11)18-13-7-6-12-8-9-17-14(12)15(13)20-16/h1-9,17-19H,10H2. The molecule has 3 aromatic rings. The molecule has 0 spiro atoms. The second-order valence-corrected chi connectivity index (χ2v) is 6.35. The lowest BCUT2D eigenvalue weighted by Gasteiger charge is -2.22. The van der Waals surface area contributed by atoms with Crippen molar-refractivity contribution in [3.63, 3.8) is 0 Å². The molecule has 100 valence electrons. The largest absolute Gasteiger partial charge is 0.362 e. The number of fused-ring (bicyclic) bond motifs is 3. The summed E-state index contributed by atoms with van der Waals surface area (Å²) < 4.78 is 0. The summed E-state index contributed by atoms with van der Waals surface area (Å²) in [4.78, 5) is 4.34. The first-order valence-electron chi connectivity index (χ1n) is 6.57. The topological polar surface area (TPSA) is 48.0 Å². The first-order chi connectivity index (χ1) is 9.73. The molecule has 1 aromatic heterocycles. The minimum Gasteiger partial charge on any atom is -0.362 e. The number of anilines is 1. The molecule has 0 amide bonds. The van der Waals surface area contributed by atoms with Gasteiger partial charge in [-0.1, -0.05) is 48.2 Å². The number of rotatable bonds is 2. The van der Waals surface area contributed by atoms with Crippen molar-refractivity contribution in [3.05, 3.63) is 60.3 Å². The van der Waals surface area contributed by atoms with E-state index < -0.39 is 5.06 Å². The third-order valence-electron chi connectivity index (χ3n) is 3.57. The minimum absolute atomic E-state index is 0.565. The summed E-state index contributed by atoms with van der Waals surface area (Å²) in [6.07, 6.45) is 2.50. The molecule has 1 aliphatic rings. The van der Waals surface area contributed by atoms with Crippen LogP contribution >= 0.6 is 11.8 Å². The number of nitrogens with one attached hydrogen (secondary N) is 2. The molecule has 0 fully saturated rings. The van der Waals surface area contributed by atoms with Crippen LogP contribution in [-0.4, -0.2) is 15.1 Å². The van der Waals surface area contributed by atoms with Gasteiger partial charge in [-0.05, 0) is 17.7 Å². The summed E-state index contributed by atoms with van der Waals surface area (Å²) in [6.45, 7) is 0. The van der Waals surface area contributed by atoms with E-state index in [1.165, 1.54) is 17.1 Å². The lowest BCUT2D eigenvalue weighted by Crippen LogP contribution is -2.33. The van der Waals surface area contributed by atoms with Gasteiger partial charge in [0.05, 0.1) is 16.1 Å². The van der Waals surface area contributed by atoms with E-state index in [1.54, 1.807) is 0 Å². The van der Waals surface area contributed by atoms with Crippen molar-refractivity contribution < 1.29 is 5.11 Å². The first kappa shape index (κ1) is 11.9. The van der Waals surface area contributed by atoms with E-state index in [0.717, 1.165) is 21.7 Å². The Hall–Kier alpha value is -1.91. The number of aromatic nitrogens is 1. The molecule has 2 aromatic carbocycles. The van der Waals surface area contributed by atoms with Crippen molar-refractivity contribution in [2.75, 3.05) is 5.32 Å². The molecule has 1 atom stereocenters. The van der Waals surface area contributed by atoms with Gasteiger partial charge in [-0.2, -0.15) is 0 Å². The quantitative estimate of drug-likeness (QED) is 0.673. The summed E-state index contributed by atoms with van der Waals surface area (Å²) in [7, 11) is 0. The van der Waals surface area contributed by atoms with Crippen LogP contribution < -0.4 is 5.32 Å². The van der Waals surface area contributed by atoms with E-state index >= 15 is 0 Å². The van der Waals surface area contributed by atoms with Crippen LogP contribution in [0.15, 0.2) is 59.6 Å². The molecule has 0 aliphatic carbocycles. The third kappa shape index (κ3) is 1.88. The molecule has 4 heteroatoms. The molecule has 0 saturated carbocycles. The van der Waals surface area contributed by atoms with Crippen molar-refractivity contribution in [2.24, 2.45) is 0 Å². The second kappa shape index (κ2) is 4.30. The fourth-order valence-electron chi connectivity index (χ4n) is 2.66. The number of aromatic amines is 1. The summed E-state index contributed by atoms with van der Waals surface area (Å²) in [5.74, 6) is 0. The van der Waals surface area contributed by atoms with Crippen LogP contribution in [0.5, 0.6) is 0 Å². The number of benzene rings is 2. The molecular formula is C16H14N2OS. The van der Waals surface area contributed by atoms with Gasteiger partial charge in [0.1, 0.15) is 0 Å². The summed E-state index contributed by atoms with van der Waals surface area (Å²) >= 11 is 1.48. The smallest absolute Gasteiger partial charge is 0.193 e. The number of hydrogen-bond donors (Lipinski definition) is 3. The van der Waals surface area contributed by atoms with Crippen molar-refractivity contribution >= 4 is 28.4 Å². The Labute approximate surface area is 121 Å². The Kier molecular flexibility index (Phi) is 2.55. The van der Waals surface area contributed by atoms with Crippen molar-refractivity contribution in [2.45, 2.75) is 16.4 Å². The Morgan fingerprint density at radius 3 is 2.75 bits per heavy atom. The van der Waals surface area contributed by atoms with Crippen LogP contribution in [0.2, 0.25) is 0 Å². The maximum absolute atomic E-state index is 10.8. The third-order valence-corrected chi connectivity index (χ3v) is 4.78. The van der Waals surface area contributed by atoms with Crippen molar-refractivity contribution in [3.8, 4) is 0 Å². The van der Waals surface area contributed by atoms with E-state index in [2.05, 4.69) is 16.4 Å². The molecule has 1 aliphatic heterocycles. The highest BCUT2D eigenvalue weighted by molar-refractivity contribution is 8.01. The summed E-state index contributed by atoms with van der Waals surface area (Å²) in [5, 5.41) is 14.2. The number of hydrogen-bond acceptors (Lipinski definition) is 3. The average Bonchev–Trinajstić information content (AvgIpc) is 3.02. The minimum atomic E-state index is -0.983. The zero-order valence-corrected chi connectivity index (χ0v) is 11.6. The Balaban J connectivity index is 1.70. The van der Waals surface area contributed by atoms with Crippen molar-refractivity contribution in [1.82, 2.24) is 4.98 Å². The Morgan fingerprint density at radius 2 is 1.90 bits per heavy atom. The van der Waals surface area contributed by atoms with E-state index in [9.17, 15) is 5.11 Å². The van der Waals surface area contributed by atoms with Crippen LogP contribution in [0, 0.1) is 0 Å². The molecule has 4 rings (SSSR count). The molecule has 0 radical (unpaired) electrons. The van der Waals surface area contributed by atoms with Gasteiger partial charge in [0.15, 0.2) is 5.06 Å². The highest BCUT2D eigenvalue weighted by Crippen LogP contribution is 2.48. The number of thioether (sulfide) groups is 1. The lowest BCUT2D eigenvalue weighted by atomic mass is 10.1. The fraction of sp³-hybridized carbons (Fsp3) is 0.125. The molecular weight excluding hydrogens is 268 g/mol. The monoisotopic (exact) mass is 282 g/mol. The van der Waals surface area contributed by atoms with Gasteiger partial charge in [-0.25, -0.2) is 0 Å². The van der Waals surface area contributed by atoms with Crippen LogP contribution in [0.4, 0.5) is 5.69 Å². The predicted octanol–water partition coefficient (Wildman–Crippen LogP) is 3.57. The van der Waals surface area contributed by atoms with Gasteiger partial charge in [0.25, 0.3) is 0 Å².